The molecular weight excluding hydrogens is 186 g/mol. The van der Waals surface area contributed by atoms with Gasteiger partial charge in [0.2, 0.25) is 0 Å². The van der Waals surface area contributed by atoms with Gasteiger partial charge in [0, 0.05) is 11.6 Å². The highest BCUT2D eigenvalue weighted by molar-refractivity contribution is 5.21. The first-order chi connectivity index (χ1) is 7.29. The van der Waals surface area contributed by atoms with E-state index in [2.05, 4.69) is 36.5 Å². The number of morpholine rings is 1. The van der Waals surface area contributed by atoms with E-state index in [1.165, 1.54) is 18.4 Å². The van der Waals surface area contributed by atoms with E-state index >= 15 is 0 Å². The highest BCUT2D eigenvalue weighted by Gasteiger charge is 2.48. The Morgan fingerprint density at radius 1 is 1.27 bits per heavy atom. The van der Waals surface area contributed by atoms with Crippen molar-refractivity contribution in [3.8, 4) is 0 Å². The first-order valence-corrected chi connectivity index (χ1v) is 5.73. The second kappa shape index (κ2) is 3.32. The van der Waals surface area contributed by atoms with Crippen LogP contribution < -0.4 is 5.32 Å². The lowest BCUT2D eigenvalue weighted by Gasteiger charge is -2.36. The lowest BCUT2D eigenvalue weighted by atomic mass is 10.00. The van der Waals surface area contributed by atoms with Crippen LogP contribution in [0, 0.1) is 0 Å². The number of rotatable bonds is 1. The van der Waals surface area contributed by atoms with Crippen molar-refractivity contribution in [1.82, 2.24) is 5.32 Å². The smallest absolute Gasteiger partial charge is 0.0976 e. The van der Waals surface area contributed by atoms with Gasteiger partial charge >= 0.3 is 0 Å². The molecule has 1 heterocycles. The van der Waals surface area contributed by atoms with Crippen molar-refractivity contribution in [3.05, 3.63) is 35.9 Å². The fourth-order valence-corrected chi connectivity index (χ4v) is 2.46. The topological polar surface area (TPSA) is 21.3 Å². The summed E-state index contributed by atoms with van der Waals surface area (Å²) in [5.74, 6) is 0. The fourth-order valence-electron chi connectivity index (χ4n) is 2.46. The monoisotopic (exact) mass is 203 g/mol. The average molecular weight is 203 g/mol. The minimum absolute atomic E-state index is 0.220. The molecule has 1 saturated carbocycles. The first kappa shape index (κ1) is 9.37. The maximum atomic E-state index is 5.99. The third-order valence-electron chi connectivity index (χ3n) is 3.51. The van der Waals surface area contributed by atoms with E-state index in [0.717, 1.165) is 6.61 Å². The number of hydrogen-bond acceptors (Lipinski definition) is 2. The van der Waals surface area contributed by atoms with Crippen molar-refractivity contribution in [2.45, 2.75) is 37.5 Å². The third-order valence-corrected chi connectivity index (χ3v) is 3.51. The molecule has 0 radical (unpaired) electrons. The van der Waals surface area contributed by atoms with Crippen molar-refractivity contribution in [1.29, 1.82) is 0 Å². The molecule has 1 aromatic rings. The van der Waals surface area contributed by atoms with Crippen LogP contribution in [0.5, 0.6) is 0 Å². The summed E-state index contributed by atoms with van der Waals surface area (Å²) in [7, 11) is 0. The van der Waals surface area contributed by atoms with Gasteiger partial charge < -0.3 is 10.1 Å². The maximum absolute atomic E-state index is 5.99. The van der Waals surface area contributed by atoms with Crippen molar-refractivity contribution in [2.24, 2.45) is 0 Å². The number of ether oxygens (including phenoxy) is 1. The summed E-state index contributed by atoms with van der Waals surface area (Å²) >= 11 is 0. The molecule has 1 saturated heterocycles. The Morgan fingerprint density at radius 3 is 2.60 bits per heavy atom. The lowest BCUT2D eigenvalue weighted by molar-refractivity contribution is -0.0318. The Bertz CT molecular complexity index is 345. The van der Waals surface area contributed by atoms with Crippen LogP contribution in [0.3, 0.4) is 0 Å². The van der Waals surface area contributed by atoms with Crippen LogP contribution >= 0.6 is 0 Å². The van der Waals surface area contributed by atoms with Gasteiger partial charge in [-0.15, -0.1) is 0 Å². The Labute approximate surface area is 90.6 Å². The minimum atomic E-state index is 0.220. The average Bonchev–Trinajstić information content (AvgIpc) is 2.99. The van der Waals surface area contributed by atoms with Crippen molar-refractivity contribution in [2.75, 3.05) is 6.61 Å². The van der Waals surface area contributed by atoms with E-state index < -0.39 is 0 Å². The molecule has 15 heavy (non-hydrogen) atoms. The van der Waals surface area contributed by atoms with E-state index in [-0.39, 0.29) is 6.10 Å². The molecule has 80 valence electrons. The molecular formula is C13H17NO. The van der Waals surface area contributed by atoms with E-state index in [1.54, 1.807) is 0 Å². The van der Waals surface area contributed by atoms with Gasteiger partial charge in [0.1, 0.15) is 0 Å². The molecule has 0 aromatic heterocycles. The Morgan fingerprint density at radius 2 is 2.00 bits per heavy atom. The molecule has 2 fully saturated rings. The molecule has 1 N–H and O–H groups in total. The van der Waals surface area contributed by atoms with Crippen molar-refractivity contribution in [3.63, 3.8) is 0 Å². The molecule has 2 aliphatic rings. The molecule has 0 bridgehead atoms. The Hall–Kier alpha value is -0.860. The van der Waals surface area contributed by atoms with E-state index in [9.17, 15) is 0 Å². The predicted molar refractivity (Wildman–Crippen MR) is 59.7 cm³/mol. The number of nitrogens with one attached hydrogen (secondary N) is 1. The van der Waals surface area contributed by atoms with Gasteiger partial charge in [0.25, 0.3) is 0 Å². The predicted octanol–water partition coefficient (Wildman–Crippen LogP) is 2.27. The van der Waals surface area contributed by atoms with Crippen LogP contribution in [-0.4, -0.2) is 18.2 Å². The van der Waals surface area contributed by atoms with Gasteiger partial charge in [-0.2, -0.15) is 0 Å². The summed E-state index contributed by atoms with van der Waals surface area (Å²) < 4.78 is 5.99. The van der Waals surface area contributed by atoms with Crippen molar-refractivity contribution < 1.29 is 4.74 Å². The zero-order chi connectivity index (χ0) is 10.3. The van der Waals surface area contributed by atoms with E-state index in [0.29, 0.717) is 11.6 Å². The SMILES string of the molecule is C[C@@H]1NC2(CC2)CO[C@H]1c1ccccc1. The van der Waals surface area contributed by atoms with Crippen LogP contribution in [-0.2, 0) is 4.74 Å². The summed E-state index contributed by atoms with van der Waals surface area (Å²) in [6.07, 6.45) is 2.77. The molecule has 2 heteroatoms. The molecule has 0 unspecified atom stereocenters. The molecule has 0 amide bonds. The highest BCUT2D eigenvalue weighted by atomic mass is 16.5. The number of benzene rings is 1. The zero-order valence-electron chi connectivity index (χ0n) is 9.07. The highest BCUT2D eigenvalue weighted by Crippen LogP contribution is 2.42. The zero-order valence-corrected chi connectivity index (χ0v) is 9.07. The van der Waals surface area contributed by atoms with Gasteiger partial charge in [0.05, 0.1) is 12.7 Å². The van der Waals surface area contributed by atoms with E-state index in [1.807, 2.05) is 6.07 Å². The summed E-state index contributed by atoms with van der Waals surface area (Å²) in [6.45, 7) is 3.09. The second-order valence-corrected chi connectivity index (χ2v) is 4.86. The maximum Gasteiger partial charge on any atom is 0.0976 e. The molecule has 2 nitrogen and oxygen atoms in total. The minimum Gasteiger partial charge on any atom is -0.370 e. The number of hydrogen-bond donors (Lipinski definition) is 1. The van der Waals surface area contributed by atoms with Gasteiger partial charge in [-0.3, -0.25) is 0 Å². The largest absolute Gasteiger partial charge is 0.370 e. The van der Waals surface area contributed by atoms with Gasteiger partial charge in [-0.05, 0) is 25.3 Å². The molecule has 1 aliphatic heterocycles. The fraction of sp³-hybridized carbons (Fsp3) is 0.538. The summed E-state index contributed by atoms with van der Waals surface area (Å²) in [4.78, 5) is 0. The summed E-state index contributed by atoms with van der Waals surface area (Å²) in [5, 5.41) is 3.69. The first-order valence-electron chi connectivity index (χ1n) is 5.73. The van der Waals surface area contributed by atoms with E-state index in [4.69, 9.17) is 4.74 Å². The Balaban J connectivity index is 1.77. The lowest BCUT2D eigenvalue weighted by Crippen LogP contribution is -2.50. The standard InChI is InChI=1S/C13H17NO/c1-10-12(11-5-3-2-4-6-11)15-9-13(14-10)7-8-13/h2-6,10,12,14H,7-9H2,1H3/t10-,12+/m0/s1. The molecule has 3 rings (SSSR count). The van der Waals surface area contributed by atoms with Gasteiger partial charge in [0.15, 0.2) is 0 Å². The quantitative estimate of drug-likeness (QED) is 0.756. The van der Waals surface area contributed by atoms with Gasteiger partial charge in [-0.25, -0.2) is 0 Å². The summed E-state index contributed by atoms with van der Waals surface area (Å²) in [6, 6.07) is 10.9. The molecule has 1 spiro atoms. The van der Waals surface area contributed by atoms with Crippen LogP contribution in [0.1, 0.15) is 31.4 Å². The molecule has 1 aromatic carbocycles. The molecule has 2 atom stereocenters. The van der Waals surface area contributed by atoms with Gasteiger partial charge in [-0.1, -0.05) is 30.3 Å². The Kier molecular flexibility index (Phi) is 2.08. The van der Waals surface area contributed by atoms with Crippen LogP contribution in [0.15, 0.2) is 30.3 Å². The van der Waals surface area contributed by atoms with Crippen LogP contribution in [0.4, 0.5) is 0 Å². The van der Waals surface area contributed by atoms with Crippen LogP contribution in [0.2, 0.25) is 0 Å². The van der Waals surface area contributed by atoms with Crippen molar-refractivity contribution >= 4 is 0 Å². The third kappa shape index (κ3) is 1.68. The normalized spacial score (nSPS) is 32.9. The second-order valence-electron chi connectivity index (χ2n) is 4.86. The summed E-state index contributed by atoms with van der Waals surface area (Å²) in [5.41, 5.74) is 1.62. The van der Waals surface area contributed by atoms with Crippen LogP contribution in [0.25, 0.3) is 0 Å². The molecule has 1 aliphatic carbocycles.